The molecule has 0 spiro atoms. The summed E-state index contributed by atoms with van der Waals surface area (Å²) in [5.41, 5.74) is 6.02. The highest BCUT2D eigenvalue weighted by molar-refractivity contribution is 5.66. The highest BCUT2D eigenvalue weighted by Gasteiger charge is 2.33. The van der Waals surface area contributed by atoms with Gasteiger partial charge in [0.15, 0.2) is 0 Å². The lowest BCUT2D eigenvalue weighted by Gasteiger charge is -2.36. The van der Waals surface area contributed by atoms with Gasteiger partial charge in [-0.3, -0.25) is 4.79 Å². The third kappa shape index (κ3) is 4.23. The first-order valence-corrected chi connectivity index (χ1v) is 6.92. The molecule has 0 amide bonds. The van der Waals surface area contributed by atoms with Crippen LogP contribution in [0.5, 0.6) is 0 Å². The second-order valence-corrected chi connectivity index (χ2v) is 5.91. The summed E-state index contributed by atoms with van der Waals surface area (Å²) in [6.45, 7) is 2.23. The average Bonchev–Trinajstić information content (AvgIpc) is 3.09. The van der Waals surface area contributed by atoms with Crippen molar-refractivity contribution in [3.63, 3.8) is 0 Å². The first-order chi connectivity index (χ1) is 8.54. The minimum Gasteiger partial charge on any atom is -0.481 e. The first kappa shape index (κ1) is 13.8. The topological polar surface area (TPSA) is 86.8 Å². The Hall–Kier alpha value is -0.650. The van der Waals surface area contributed by atoms with Crippen LogP contribution in [0.3, 0.4) is 0 Å². The van der Waals surface area contributed by atoms with Gasteiger partial charge in [-0.15, -0.1) is 0 Å². The van der Waals surface area contributed by atoms with Crippen molar-refractivity contribution in [2.75, 3.05) is 19.6 Å². The maximum atomic E-state index is 10.6. The number of carbonyl (C=O) groups is 1. The molecule has 3 atom stereocenters. The SMILES string of the molecule is NC1CC(CC(O)C2CC2)CN(CCC(=O)O)C1. The summed E-state index contributed by atoms with van der Waals surface area (Å²) in [6, 6.07) is 0.115. The van der Waals surface area contributed by atoms with Gasteiger partial charge in [-0.25, -0.2) is 0 Å². The van der Waals surface area contributed by atoms with Crippen LogP contribution in [-0.4, -0.2) is 52.9 Å². The molecule has 5 heteroatoms. The summed E-state index contributed by atoms with van der Waals surface area (Å²) in [4.78, 5) is 12.7. The minimum absolute atomic E-state index is 0.115. The van der Waals surface area contributed by atoms with Gasteiger partial charge in [0.2, 0.25) is 0 Å². The van der Waals surface area contributed by atoms with Crippen LogP contribution < -0.4 is 5.73 Å². The van der Waals surface area contributed by atoms with Crippen LogP contribution in [0.1, 0.15) is 32.1 Å². The average molecular weight is 256 g/mol. The molecule has 0 aromatic heterocycles. The monoisotopic (exact) mass is 256 g/mol. The van der Waals surface area contributed by atoms with Crippen molar-refractivity contribution in [3.8, 4) is 0 Å². The number of carboxylic acid groups (broad SMARTS) is 1. The largest absolute Gasteiger partial charge is 0.481 e. The van der Waals surface area contributed by atoms with Crippen molar-refractivity contribution < 1.29 is 15.0 Å². The molecule has 0 bridgehead atoms. The van der Waals surface area contributed by atoms with E-state index in [1.807, 2.05) is 0 Å². The van der Waals surface area contributed by atoms with E-state index in [-0.39, 0.29) is 18.6 Å². The van der Waals surface area contributed by atoms with Gasteiger partial charge in [-0.2, -0.15) is 0 Å². The molecule has 1 saturated carbocycles. The molecular formula is C13H24N2O3. The Morgan fingerprint density at radius 2 is 2.11 bits per heavy atom. The van der Waals surface area contributed by atoms with Crippen LogP contribution in [0.2, 0.25) is 0 Å². The van der Waals surface area contributed by atoms with Gasteiger partial charge in [0.05, 0.1) is 12.5 Å². The summed E-state index contributed by atoms with van der Waals surface area (Å²) in [7, 11) is 0. The molecule has 0 aromatic carbocycles. The summed E-state index contributed by atoms with van der Waals surface area (Å²) in [5, 5.41) is 18.7. The van der Waals surface area contributed by atoms with E-state index in [2.05, 4.69) is 4.90 Å². The Labute approximate surface area is 108 Å². The molecule has 0 radical (unpaired) electrons. The van der Waals surface area contributed by atoms with E-state index in [4.69, 9.17) is 10.8 Å². The Kier molecular flexibility index (Phi) is 4.59. The molecule has 1 saturated heterocycles. The van der Waals surface area contributed by atoms with Crippen LogP contribution >= 0.6 is 0 Å². The number of carboxylic acids is 1. The van der Waals surface area contributed by atoms with Gasteiger partial charge in [-0.1, -0.05) is 0 Å². The number of piperidine rings is 1. The number of hydrogen-bond donors (Lipinski definition) is 3. The fraction of sp³-hybridized carbons (Fsp3) is 0.923. The first-order valence-electron chi connectivity index (χ1n) is 6.92. The van der Waals surface area contributed by atoms with Crippen molar-refractivity contribution in [1.82, 2.24) is 4.90 Å². The van der Waals surface area contributed by atoms with Crippen molar-refractivity contribution in [1.29, 1.82) is 0 Å². The van der Waals surface area contributed by atoms with E-state index in [9.17, 15) is 9.90 Å². The number of aliphatic hydroxyl groups excluding tert-OH is 1. The van der Waals surface area contributed by atoms with E-state index in [0.29, 0.717) is 18.4 Å². The summed E-state index contributed by atoms with van der Waals surface area (Å²) in [6.07, 6.45) is 4.08. The fourth-order valence-corrected chi connectivity index (χ4v) is 2.97. The van der Waals surface area contributed by atoms with Crippen molar-refractivity contribution in [2.24, 2.45) is 17.6 Å². The zero-order chi connectivity index (χ0) is 13.1. The number of nitrogens with two attached hydrogens (primary N) is 1. The third-order valence-corrected chi connectivity index (χ3v) is 4.03. The second-order valence-electron chi connectivity index (χ2n) is 5.91. The Morgan fingerprint density at radius 1 is 1.39 bits per heavy atom. The minimum atomic E-state index is -0.760. The van der Waals surface area contributed by atoms with E-state index in [0.717, 1.165) is 38.8 Å². The predicted octanol–water partition coefficient (Wildman–Crippen LogP) is 0.271. The molecule has 1 aliphatic heterocycles. The summed E-state index contributed by atoms with van der Waals surface area (Å²) < 4.78 is 0. The normalized spacial score (nSPS) is 31.2. The zero-order valence-corrected chi connectivity index (χ0v) is 10.8. The lowest BCUT2D eigenvalue weighted by molar-refractivity contribution is -0.137. The maximum Gasteiger partial charge on any atom is 0.304 e. The van der Waals surface area contributed by atoms with Crippen LogP contribution in [0.25, 0.3) is 0 Å². The van der Waals surface area contributed by atoms with E-state index in [1.54, 1.807) is 0 Å². The number of hydrogen-bond acceptors (Lipinski definition) is 4. The standard InChI is InChI=1S/C13H24N2O3/c14-11-5-9(6-12(16)10-1-2-10)7-15(8-11)4-3-13(17)18/h9-12,16H,1-8,14H2,(H,17,18). The number of likely N-dealkylation sites (tertiary alicyclic amines) is 1. The van der Waals surface area contributed by atoms with Crippen molar-refractivity contribution >= 4 is 5.97 Å². The maximum absolute atomic E-state index is 10.6. The quantitative estimate of drug-likeness (QED) is 0.635. The van der Waals surface area contributed by atoms with E-state index >= 15 is 0 Å². The van der Waals surface area contributed by atoms with Gasteiger partial charge in [-0.05, 0) is 37.5 Å². The lowest BCUT2D eigenvalue weighted by Crippen LogP contribution is -2.48. The second kappa shape index (κ2) is 5.99. The number of nitrogens with zero attached hydrogens (tertiary/aromatic N) is 1. The summed E-state index contributed by atoms with van der Waals surface area (Å²) in [5.74, 6) is 0.164. The van der Waals surface area contributed by atoms with Crippen LogP contribution in [-0.2, 0) is 4.79 Å². The Bertz CT molecular complexity index is 294. The van der Waals surface area contributed by atoms with Gasteiger partial charge in [0, 0.05) is 25.7 Å². The van der Waals surface area contributed by atoms with E-state index < -0.39 is 5.97 Å². The molecule has 3 unspecified atom stereocenters. The highest BCUT2D eigenvalue weighted by atomic mass is 16.4. The molecule has 2 fully saturated rings. The van der Waals surface area contributed by atoms with Crippen molar-refractivity contribution in [2.45, 2.75) is 44.2 Å². The van der Waals surface area contributed by atoms with Crippen molar-refractivity contribution in [3.05, 3.63) is 0 Å². The molecule has 104 valence electrons. The molecule has 4 N–H and O–H groups in total. The molecule has 5 nitrogen and oxygen atoms in total. The van der Waals surface area contributed by atoms with Gasteiger partial charge in [0.25, 0.3) is 0 Å². The Morgan fingerprint density at radius 3 is 2.72 bits per heavy atom. The van der Waals surface area contributed by atoms with Gasteiger partial charge in [0.1, 0.15) is 0 Å². The van der Waals surface area contributed by atoms with Crippen LogP contribution in [0.4, 0.5) is 0 Å². The molecule has 2 aliphatic rings. The molecule has 1 aliphatic carbocycles. The van der Waals surface area contributed by atoms with Crippen LogP contribution in [0, 0.1) is 11.8 Å². The third-order valence-electron chi connectivity index (χ3n) is 4.03. The molecular weight excluding hydrogens is 232 g/mol. The number of aliphatic hydroxyl groups is 1. The Balaban J connectivity index is 1.77. The van der Waals surface area contributed by atoms with E-state index in [1.165, 1.54) is 0 Å². The smallest absolute Gasteiger partial charge is 0.304 e. The lowest BCUT2D eigenvalue weighted by atomic mass is 9.88. The fourth-order valence-electron chi connectivity index (χ4n) is 2.97. The molecule has 1 heterocycles. The van der Waals surface area contributed by atoms with Gasteiger partial charge < -0.3 is 20.8 Å². The molecule has 18 heavy (non-hydrogen) atoms. The van der Waals surface area contributed by atoms with Gasteiger partial charge >= 0.3 is 5.97 Å². The predicted molar refractivity (Wildman–Crippen MR) is 68.1 cm³/mol. The van der Waals surface area contributed by atoms with Crippen LogP contribution in [0.15, 0.2) is 0 Å². The molecule has 2 rings (SSSR count). The zero-order valence-electron chi connectivity index (χ0n) is 10.8. The number of rotatable bonds is 6. The molecule has 0 aromatic rings. The highest BCUT2D eigenvalue weighted by Crippen LogP contribution is 2.36. The summed E-state index contributed by atoms with van der Waals surface area (Å²) >= 11 is 0. The number of aliphatic carboxylic acids is 1.